The van der Waals surface area contributed by atoms with Crippen LogP contribution in [0.3, 0.4) is 0 Å². The number of nitrogens with one attached hydrogen (secondary N) is 1. The summed E-state index contributed by atoms with van der Waals surface area (Å²) in [6, 6.07) is 7.22. The van der Waals surface area contributed by atoms with Gasteiger partial charge in [0.15, 0.2) is 6.61 Å². The van der Waals surface area contributed by atoms with Gasteiger partial charge >= 0.3 is 0 Å². The van der Waals surface area contributed by atoms with Crippen LogP contribution < -0.4 is 10.1 Å². The van der Waals surface area contributed by atoms with Crippen LogP contribution >= 0.6 is 0 Å². The number of carbonyl (C=O) groups excluding carboxylic acids is 1. The van der Waals surface area contributed by atoms with E-state index in [0.717, 1.165) is 6.42 Å². The molecule has 0 fully saturated rings. The highest BCUT2D eigenvalue weighted by molar-refractivity contribution is 6.02. The predicted octanol–water partition coefficient (Wildman–Crippen LogP) is 2.96. The molecule has 5 heteroatoms. The van der Waals surface area contributed by atoms with E-state index in [2.05, 4.69) is 10.5 Å². The van der Waals surface area contributed by atoms with Crippen molar-refractivity contribution >= 4 is 11.6 Å². The molecule has 0 aliphatic heterocycles. The normalized spacial score (nSPS) is 12.1. The van der Waals surface area contributed by atoms with E-state index in [9.17, 15) is 4.79 Å². The van der Waals surface area contributed by atoms with Crippen molar-refractivity contribution in [1.29, 1.82) is 0 Å². The van der Waals surface area contributed by atoms with Gasteiger partial charge < -0.3 is 15.3 Å². The van der Waals surface area contributed by atoms with Gasteiger partial charge in [0.25, 0.3) is 5.91 Å². The smallest absolute Gasteiger partial charge is 0.258 e. The predicted molar refractivity (Wildman–Crippen MR) is 83.1 cm³/mol. The Labute approximate surface area is 126 Å². The molecular weight excluding hydrogens is 268 g/mol. The van der Waals surface area contributed by atoms with Crippen LogP contribution in [0.5, 0.6) is 5.75 Å². The highest BCUT2D eigenvalue weighted by Gasteiger charge is 2.18. The molecule has 0 radical (unpaired) electrons. The van der Waals surface area contributed by atoms with Crippen LogP contribution in [0.15, 0.2) is 29.4 Å². The van der Waals surface area contributed by atoms with E-state index in [-0.39, 0.29) is 18.1 Å². The maximum atomic E-state index is 11.9. The van der Waals surface area contributed by atoms with Gasteiger partial charge in [0.2, 0.25) is 0 Å². The van der Waals surface area contributed by atoms with E-state index in [4.69, 9.17) is 9.94 Å². The molecule has 0 spiro atoms. The first kappa shape index (κ1) is 17.0. The van der Waals surface area contributed by atoms with Crippen LogP contribution in [-0.2, 0) is 4.79 Å². The van der Waals surface area contributed by atoms with Crippen molar-refractivity contribution in [3.05, 3.63) is 29.8 Å². The van der Waals surface area contributed by atoms with Gasteiger partial charge in [-0.25, -0.2) is 0 Å². The second-order valence-electron chi connectivity index (χ2n) is 5.47. The number of oxime groups is 1. The van der Waals surface area contributed by atoms with E-state index in [1.165, 1.54) is 0 Å². The van der Waals surface area contributed by atoms with Gasteiger partial charge in [-0.2, -0.15) is 0 Å². The number of carbonyl (C=O) groups is 1. The van der Waals surface area contributed by atoms with Gasteiger partial charge in [0, 0.05) is 11.1 Å². The number of rotatable bonds is 7. The van der Waals surface area contributed by atoms with Crippen molar-refractivity contribution in [3.8, 4) is 5.75 Å². The molecule has 1 aromatic carbocycles. The Morgan fingerprint density at radius 3 is 2.57 bits per heavy atom. The van der Waals surface area contributed by atoms with Crippen LogP contribution in [0.25, 0.3) is 0 Å². The van der Waals surface area contributed by atoms with Gasteiger partial charge in [-0.15, -0.1) is 0 Å². The van der Waals surface area contributed by atoms with Crippen LogP contribution in [0.2, 0.25) is 0 Å². The second-order valence-corrected chi connectivity index (χ2v) is 5.47. The number of hydrogen-bond acceptors (Lipinski definition) is 4. The van der Waals surface area contributed by atoms with E-state index in [0.29, 0.717) is 23.4 Å². The summed E-state index contributed by atoms with van der Waals surface area (Å²) in [6.07, 6.45) is 1.42. The van der Waals surface area contributed by atoms with Crippen molar-refractivity contribution in [2.24, 2.45) is 5.16 Å². The summed E-state index contributed by atoms with van der Waals surface area (Å²) in [5, 5.41) is 15.2. The average Bonchev–Trinajstić information content (AvgIpc) is 2.47. The first-order chi connectivity index (χ1) is 9.93. The van der Waals surface area contributed by atoms with E-state index >= 15 is 0 Å². The largest absolute Gasteiger partial charge is 0.483 e. The minimum Gasteiger partial charge on any atom is -0.483 e. The lowest BCUT2D eigenvalue weighted by Crippen LogP contribution is -2.44. The van der Waals surface area contributed by atoms with Gasteiger partial charge in [-0.1, -0.05) is 31.1 Å². The minimum atomic E-state index is -0.249. The molecule has 0 unspecified atom stereocenters. The molecule has 1 amide bonds. The number of amides is 1. The zero-order valence-electron chi connectivity index (χ0n) is 13.1. The fourth-order valence-electron chi connectivity index (χ4n) is 1.79. The Morgan fingerprint density at radius 1 is 1.33 bits per heavy atom. The maximum Gasteiger partial charge on any atom is 0.258 e. The standard InChI is InChI=1S/C16H24N2O3/c1-5-13(18-20)12-9-7-8-10-14(12)21-11-15(19)17-16(3,4)6-2/h7-10,20H,5-6,11H2,1-4H3,(H,17,19). The summed E-state index contributed by atoms with van der Waals surface area (Å²) in [5.41, 5.74) is 0.978. The molecule has 0 atom stereocenters. The summed E-state index contributed by atoms with van der Waals surface area (Å²) < 4.78 is 5.57. The Bertz CT molecular complexity index is 510. The third-order valence-corrected chi connectivity index (χ3v) is 3.37. The Hall–Kier alpha value is -2.04. The molecule has 0 aromatic heterocycles. The van der Waals surface area contributed by atoms with Crippen molar-refractivity contribution in [2.45, 2.75) is 46.1 Å². The summed E-state index contributed by atoms with van der Waals surface area (Å²) in [7, 11) is 0. The van der Waals surface area contributed by atoms with Crippen LogP contribution in [0, 0.1) is 0 Å². The van der Waals surface area contributed by atoms with Gasteiger partial charge in [0.1, 0.15) is 5.75 Å². The Kier molecular flexibility index (Phi) is 6.21. The zero-order chi connectivity index (χ0) is 15.9. The van der Waals surface area contributed by atoms with E-state index < -0.39 is 0 Å². The van der Waals surface area contributed by atoms with E-state index in [1.807, 2.05) is 45.9 Å². The van der Waals surface area contributed by atoms with Crippen molar-refractivity contribution in [3.63, 3.8) is 0 Å². The number of nitrogens with zero attached hydrogens (tertiary/aromatic N) is 1. The first-order valence-electron chi connectivity index (χ1n) is 7.17. The van der Waals surface area contributed by atoms with Crippen LogP contribution in [0.1, 0.15) is 46.1 Å². The molecule has 1 aromatic rings. The number of ether oxygens (including phenoxy) is 1. The quantitative estimate of drug-likeness (QED) is 0.461. The average molecular weight is 292 g/mol. The molecule has 116 valence electrons. The van der Waals surface area contributed by atoms with Gasteiger partial charge in [-0.05, 0) is 38.8 Å². The number of hydrogen-bond donors (Lipinski definition) is 2. The lowest BCUT2D eigenvalue weighted by Gasteiger charge is -2.24. The Balaban J connectivity index is 2.74. The lowest BCUT2D eigenvalue weighted by atomic mass is 10.0. The topological polar surface area (TPSA) is 70.9 Å². The highest BCUT2D eigenvalue weighted by Crippen LogP contribution is 2.20. The summed E-state index contributed by atoms with van der Waals surface area (Å²) in [5.74, 6) is 0.368. The molecule has 0 saturated carbocycles. The van der Waals surface area contributed by atoms with E-state index in [1.54, 1.807) is 6.07 Å². The molecule has 1 rings (SSSR count). The fraction of sp³-hybridized carbons (Fsp3) is 0.500. The zero-order valence-corrected chi connectivity index (χ0v) is 13.1. The van der Waals surface area contributed by atoms with Crippen molar-refractivity contribution < 1.29 is 14.7 Å². The summed E-state index contributed by atoms with van der Waals surface area (Å²) in [4.78, 5) is 11.9. The van der Waals surface area contributed by atoms with Gasteiger partial charge in [-0.3, -0.25) is 4.79 Å². The third kappa shape index (κ3) is 5.10. The number of para-hydroxylation sites is 1. The molecule has 0 bridgehead atoms. The van der Waals surface area contributed by atoms with Crippen molar-refractivity contribution in [1.82, 2.24) is 5.32 Å². The summed E-state index contributed by atoms with van der Waals surface area (Å²) >= 11 is 0. The van der Waals surface area contributed by atoms with Crippen molar-refractivity contribution in [2.75, 3.05) is 6.61 Å². The first-order valence-corrected chi connectivity index (χ1v) is 7.17. The highest BCUT2D eigenvalue weighted by atomic mass is 16.5. The molecule has 5 nitrogen and oxygen atoms in total. The lowest BCUT2D eigenvalue weighted by molar-refractivity contribution is -0.124. The molecule has 0 aliphatic carbocycles. The van der Waals surface area contributed by atoms with Crippen LogP contribution in [0.4, 0.5) is 0 Å². The molecule has 2 N–H and O–H groups in total. The molecule has 21 heavy (non-hydrogen) atoms. The maximum absolute atomic E-state index is 11.9. The number of benzene rings is 1. The molecular formula is C16H24N2O3. The molecule has 0 saturated heterocycles. The molecule has 0 aliphatic rings. The second kappa shape index (κ2) is 7.67. The molecule has 0 heterocycles. The minimum absolute atomic E-state index is 0.0666. The summed E-state index contributed by atoms with van der Waals surface area (Å²) in [6.45, 7) is 7.77. The van der Waals surface area contributed by atoms with Crippen LogP contribution in [-0.4, -0.2) is 29.0 Å². The SMILES string of the molecule is CCC(=NO)c1ccccc1OCC(=O)NC(C)(C)CC. The monoisotopic (exact) mass is 292 g/mol. The van der Waals surface area contributed by atoms with Gasteiger partial charge in [0.05, 0.1) is 5.71 Å². The fourth-order valence-corrected chi connectivity index (χ4v) is 1.79. The third-order valence-electron chi connectivity index (χ3n) is 3.37. The Morgan fingerprint density at radius 2 is 2.00 bits per heavy atom.